The Balaban J connectivity index is 1.87. The molecule has 0 aromatic carbocycles. The van der Waals surface area contributed by atoms with E-state index in [1.54, 1.807) is 0 Å². The zero-order chi connectivity index (χ0) is 14.3. The number of anilines is 1. The molecule has 108 valence electrons. The van der Waals surface area contributed by atoms with Crippen molar-refractivity contribution < 1.29 is 8.42 Å². The first-order valence-corrected chi connectivity index (χ1v) is 8.17. The van der Waals surface area contributed by atoms with Crippen LogP contribution in [0.4, 0.5) is 5.82 Å². The van der Waals surface area contributed by atoms with E-state index in [1.807, 2.05) is 11.8 Å². The number of H-pyrrole nitrogens is 1. The molecular weight excluding hydrogens is 280 g/mol. The van der Waals surface area contributed by atoms with Gasteiger partial charge in [0.1, 0.15) is 11.8 Å². The first-order valence-electron chi connectivity index (χ1n) is 6.32. The van der Waals surface area contributed by atoms with Crippen molar-refractivity contribution in [2.24, 2.45) is 0 Å². The summed E-state index contributed by atoms with van der Waals surface area (Å²) in [5.41, 5.74) is 2.44. The van der Waals surface area contributed by atoms with Gasteiger partial charge in [-0.3, -0.25) is 5.10 Å². The van der Waals surface area contributed by atoms with Gasteiger partial charge in [0.15, 0.2) is 11.3 Å². The second-order valence-electron chi connectivity index (χ2n) is 4.89. The minimum absolute atomic E-state index is 0.466. The Kier molecular flexibility index (Phi) is 3.09. The highest BCUT2D eigenvalue weighted by Crippen LogP contribution is 2.23. The number of aryl methyl sites for hydroxylation is 1. The van der Waals surface area contributed by atoms with Crippen LogP contribution in [0.2, 0.25) is 0 Å². The Bertz CT molecular complexity index is 732. The van der Waals surface area contributed by atoms with E-state index in [-0.39, 0.29) is 0 Å². The van der Waals surface area contributed by atoms with Crippen molar-refractivity contribution in [3.63, 3.8) is 0 Å². The minimum atomic E-state index is -3.12. The van der Waals surface area contributed by atoms with Crippen molar-refractivity contribution in [1.29, 1.82) is 0 Å². The second-order valence-corrected chi connectivity index (χ2v) is 6.87. The van der Waals surface area contributed by atoms with Crippen LogP contribution in [0.15, 0.2) is 6.33 Å². The van der Waals surface area contributed by atoms with Gasteiger partial charge in [-0.05, 0) is 6.92 Å². The maximum Gasteiger partial charge on any atom is 0.211 e. The first-order chi connectivity index (χ1) is 9.47. The molecule has 3 heterocycles. The summed E-state index contributed by atoms with van der Waals surface area (Å²) in [5, 5.41) is 7.14. The van der Waals surface area contributed by atoms with E-state index in [4.69, 9.17) is 0 Å². The number of nitrogens with one attached hydrogen (secondary N) is 1. The van der Waals surface area contributed by atoms with Crippen LogP contribution in [-0.4, -0.2) is 65.3 Å². The Labute approximate surface area is 116 Å². The largest absolute Gasteiger partial charge is 0.352 e. The normalized spacial score (nSPS) is 17.8. The van der Waals surface area contributed by atoms with Crippen LogP contribution in [0.5, 0.6) is 0 Å². The highest BCUT2D eigenvalue weighted by Gasteiger charge is 2.25. The summed E-state index contributed by atoms with van der Waals surface area (Å²) in [6.45, 7) is 4.05. The van der Waals surface area contributed by atoms with Crippen molar-refractivity contribution >= 4 is 26.9 Å². The summed E-state index contributed by atoms with van der Waals surface area (Å²) in [5.74, 6) is 0.757. The fourth-order valence-electron chi connectivity index (χ4n) is 2.40. The predicted molar refractivity (Wildman–Crippen MR) is 75.1 cm³/mol. The summed E-state index contributed by atoms with van der Waals surface area (Å²) in [6.07, 6.45) is 2.76. The summed E-state index contributed by atoms with van der Waals surface area (Å²) >= 11 is 0. The van der Waals surface area contributed by atoms with E-state index in [0.29, 0.717) is 26.2 Å². The molecule has 2 aromatic heterocycles. The summed E-state index contributed by atoms with van der Waals surface area (Å²) in [6, 6.07) is 0. The molecule has 0 saturated carbocycles. The van der Waals surface area contributed by atoms with Crippen LogP contribution in [0.3, 0.4) is 0 Å². The molecule has 1 aliphatic rings. The Morgan fingerprint density at radius 3 is 2.50 bits per heavy atom. The fourth-order valence-corrected chi connectivity index (χ4v) is 3.23. The number of rotatable bonds is 2. The maximum atomic E-state index is 11.5. The third-order valence-corrected chi connectivity index (χ3v) is 4.80. The molecule has 1 N–H and O–H groups in total. The van der Waals surface area contributed by atoms with Crippen LogP contribution in [0, 0.1) is 6.92 Å². The standard InChI is InChI=1S/C11H16N6O2S/c1-8-9-10(15-14-8)11(13-7-12-9)16-3-5-17(6-4-16)20(2,18)19/h7H,3-6H2,1-2H3,(H,14,15). The number of fused-ring (bicyclic) bond motifs is 1. The minimum Gasteiger partial charge on any atom is -0.352 e. The third-order valence-electron chi connectivity index (χ3n) is 3.50. The van der Waals surface area contributed by atoms with Crippen molar-refractivity contribution in [3.8, 4) is 0 Å². The lowest BCUT2D eigenvalue weighted by molar-refractivity contribution is 0.387. The van der Waals surface area contributed by atoms with Crippen LogP contribution in [-0.2, 0) is 10.0 Å². The molecule has 9 heteroatoms. The van der Waals surface area contributed by atoms with Gasteiger partial charge in [0.25, 0.3) is 0 Å². The van der Waals surface area contributed by atoms with E-state index in [1.165, 1.54) is 16.9 Å². The monoisotopic (exact) mass is 296 g/mol. The number of nitrogens with zero attached hydrogens (tertiary/aromatic N) is 5. The topological polar surface area (TPSA) is 95.1 Å². The van der Waals surface area contributed by atoms with Crippen molar-refractivity contribution in [2.75, 3.05) is 37.3 Å². The second kappa shape index (κ2) is 4.67. The molecule has 3 rings (SSSR count). The highest BCUT2D eigenvalue weighted by atomic mass is 32.2. The lowest BCUT2D eigenvalue weighted by atomic mass is 10.3. The maximum absolute atomic E-state index is 11.5. The van der Waals surface area contributed by atoms with Gasteiger partial charge in [-0.2, -0.15) is 9.40 Å². The molecule has 0 bridgehead atoms. The molecule has 20 heavy (non-hydrogen) atoms. The SMILES string of the molecule is Cc1[nH]nc2c(N3CCN(S(C)(=O)=O)CC3)ncnc12. The lowest BCUT2D eigenvalue weighted by Gasteiger charge is -2.33. The fraction of sp³-hybridized carbons (Fsp3) is 0.545. The van der Waals surface area contributed by atoms with Gasteiger partial charge < -0.3 is 4.90 Å². The average Bonchev–Trinajstić information content (AvgIpc) is 2.80. The zero-order valence-electron chi connectivity index (χ0n) is 11.4. The molecule has 1 fully saturated rings. The van der Waals surface area contributed by atoms with Crippen LogP contribution < -0.4 is 4.90 Å². The number of hydrogen-bond donors (Lipinski definition) is 1. The molecule has 0 atom stereocenters. The number of piperazine rings is 1. The molecule has 0 unspecified atom stereocenters. The molecule has 8 nitrogen and oxygen atoms in total. The number of aromatic amines is 1. The van der Waals surface area contributed by atoms with Gasteiger partial charge in [0.05, 0.1) is 11.9 Å². The Morgan fingerprint density at radius 1 is 1.15 bits per heavy atom. The van der Waals surface area contributed by atoms with Crippen molar-refractivity contribution in [2.45, 2.75) is 6.92 Å². The molecule has 0 spiro atoms. The average molecular weight is 296 g/mol. The molecule has 1 saturated heterocycles. The van der Waals surface area contributed by atoms with Gasteiger partial charge in [-0.25, -0.2) is 18.4 Å². The van der Waals surface area contributed by atoms with Crippen LogP contribution in [0.1, 0.15) is 5.69 Å². The number of sulfonamides is 1. The van der Waals surface area contributed by atoms with Gasteiger partial charge in [0.2, 0.25) is 10.0 Å². The predicted octanol–water partition coefficient (Wildman–Crippen LogP) is -0.257. The van der Waals surface area contributed by atoms with E-state index < -0.39 is 10.0 Å². The molecule has 2 aromatic rings. The smallest absolute Gasteiger partial charge is 0.211 e. The van der Waals surface area contributed by atoms with E-state index in [9.17, 15) is 8.42 Å². The Hall–Kier alpha value is -1.74. The van der Waals surface area contributed by atoms with Crippen molar-refractivity contribution in [3.05, 3.63) is 12.0 Å². The highest BCUT2D eigenvalue weighted by molar-refractivity contribution is 7.88. The quantitative estimate of drug-likeness (QED) is 0.820. The summed E-state index contributed by atoms with van der Waals surface area (Å²) in [4.78, 5) is 10.6. The molecule has 1 aliphatic heterocycles. The van der Waals surface area contributed by atoms with Crippen LogP contribution in [0.25, 0.3) is 11.0 Å². The van der Waals surface area contributed by atoms with Gasteiger partial charge in [0, 0.05) is 26.2 Å². The first kappa shape index (κ1) is 13.3. The summed E-state index contributed by atoms with van der Waals surface area (Å²) in [7, 11) is -3.12. The molecule has 0 radical (unpaired) electrons. The zero-order valence-corrected chi connectivity index (χ0v) is 12.2. The van der Waals surface area contributed by atoms with Gasteiger partial charge in [-0.15, -0.1) is 0 Å². The van der Waals surface area contributed by atoms with Crippen LogP contribution >= 0.6 is 0 Å². The Morgan fingerprint density at radius 2 is 1.85 bits per heavy atom. The van der Waals surface area contributed by atoms with Crippen molar-refractivity contribution in [1.82, 2.24) is 24.5 Å². The lowest BCUT2D eigenvalue weighted by Crippen LogP contribution is -2.48. The summed E-state index contributed by atoms with van der Waals surface area (Å²) < 4.78 is 24.5. The molecular formula is C11H16N6O2S. The van der Waals surface area contributed by atoms with E-state index in [2.05, 4.69) is 20.2 Å². The molecule has 0 amide bonds. The van der Waals surface area contributed by atoms with Gasteiger partial charge >= 0.3 is 0 Å². The van der Waals surface area contributed by atoms with E-state index in [0.717, 1.165) is 22.5 Å². The number of hydrogen-bond acceptors (Lipinski definition) is 6. The molecule has 0 aliphatic carbocycles. The van der Waals surface area contributed by atoms with Gasteiger partial charge in [-0.1, -0.05) is 0 Å². The third kappa shape index (κ3) is 2.22. The van der Waals surface area contributed by atoms with E-state index >= 15 is 0 Å². The number of aromatic nitrogens is 4.